The highest BCUT2D eigenvalue weighted by atomic mass is 16.5. The predicted molar refractivity (Wildman–Crippen MR) is 111 cm³/mol. The van der Waals surface area contributed by atoms with Gasteiger partial charge in [0.05, 0.1) is 24.3 Å². The van der Waals surface area contributed by atoms with Gasteiger partial charge in [0, 0.05) is 0 Å². The Morgan fingerprint density at radius 1 is 0.966 bits per heavy atom. The standard InChI is InChI=1S/C23H21NO5/c25-20(23(26)27)15-16-9-11-17(12-10-16)28-14-13-24-18-5-1-3-7-21(18)29-22-8-4-2-6-19(22)24/h1-12,20,25H,13-15H2,(H,26,27)/p+1/t20-/m0/s1. The fraction of sp³-hybridized carbons (Fsp3) is 0.174. The summed E-state index contributed by atoms with van der Waals surface area (Å²) >= 11 is 0. The Bertz CT molecular complexity index is 957. The van der Waals surface area contributed by atoms with E-state index in [9.17, 15) is 4.79 Å². The van der Waals surface area contributed by atoms with Crippen molar-refractivity contribution >= 4 is 17.3 Å². The molecule has 0 bridgehead atoms. The molecule has 0 saturated heterocycles. The Morgan fingerprint density at radius 3 is 2.14 bits per heavy atom. The maximum Gasteiger partial charge on any atom is 0.384 e. The molecule has 0 radical (unpaired) electrons. The van der Waals surface area contributed by atoms with E-state index in [-0.39, 0.29) is 6.42 Å². The van der Waals surface area contributed by atoms with Crippen molar-refractivity contribution in [3.05, 3.63) is 78.4 Å². The fourth-order valence-corrected chi connectivity index (χ4v) is 3.32. The minimum Gasteiger partial charge on any atom is -0.492 e. The molecule has 0 spiro atoms. The molecular formula is C23H22NO5+. The Kier molecular flexibility index (Phi) is 5.35. The lowest BCUT2D eigenvalue weighted by atomic mass is 10.1. The van der Waals surface area contributed by atoms with Gasteiger partial charge in [-0.25, -0.2) is 4.79 Å². The van der Waals surface area contributed by atoms with Crippen LogP contribution in [0.4, 0.5) is 11.4 Å². The van der Waals surface area contributed by atoms with Crippen molar-refractivity contribution in [1.82, 2.24) is 0 Å². The molecule has 0 saturated carbocycles. The van der Waals surface area contributed by atoms with Gasteiger partial charge in [-0.2, -0.15) is 0 Å². The smallest absolute Gasteiger partial charge is 0.384 e. The van der Waals surface area contributed by atoms with Gasteiger partial charge in [-0.05, 0) is 42.0 Å². The number of fused-ring (bicyclic) bond motifs is 2. The third-order valence-corrected chi connectivity index (χ3v) is 4.78. The maximum absolute atomic E-state index is 10.8. The van der Waals surface area contributed by atoms with Crippen molar-refractivity contribution < 1.29 is 24.5 Å². The highest BCUT2D eigenvalue weighted by molar-refractivity contribution is 5.77. The zero-order valence-electron chi connectivity index (χ0n) is 15.7. The van der Waals surface area contributed by atoms with Crippen molar-refractivity contribution in [3.63, 3.8) is 0 Å². The van der Waals surface area contributed by atoms with Crippen molar-refractivity contribution in [3.8, 4) is 17.2 Å². The zero-order valence-corrected chi connectivity index (χ0v) is 15.7. The quantitative estimate of drug-likeness (QED) is 0.620. The molecule has 0 aromatic heterocycles. The molecular weight excluding hydrogens is 370 g/mol. The number of para-hydroxylation sites is 4. The summed E-state index contributed by atoms with van der Waals surface area (Å²) in [6.45, 7) is 1.12. The monoisotopic (exact) mass is 392 g/mol. The minimum absolute atomic E-state index is 0.178. The number of aliphatic carboxylic acids is 1. The largest absolute Gasteiger partial charge is 0.492 e. The normalized spacial score (nSPS) is 13.1. The highest BCUT2D eigenvalue weighted by Crippen LogP contribution is 2.45. The first kappa shape index (κ1) is 18.8. The molecule has 1 atom stereocenters. The lowest BCUT2D eigenvalue weighted by molar-refractivity contribution is -0.146. The number of hydrogen-bond donors (Lipinski definition) is 1. The summed E-state index contributed by atoms with van der Waals surface area (Å²) in [5.74, 6) is 1.23. The first-order chi connectivity index (χ1) is 14.1. The second-order valence-electron chi connectivity index (χ2n) is 6.78. The minimum atomic E-state index is -1.15. The lowest BCUT2D eigenvalue weighted by Gasteiger charge is -2.32. The van der Waals surface area contributed by atoms with E-state index in [1.165, 1.54) is 0 Å². The van der Waals surface area contributed by atoms with Gasteiger partial charge in [-0.3, -0.25) is 0 Å². The summed E-state index contributed by atoms with van der Waals surface area (Å²) < 4.78 is 11.9. The lowest BCUT2D eigenvalue weighted by Crippen LogP contribution is -2.26. The molecule has 29 heavy (non-hydrogen) atoms. The summed E-state index contributed by atoms with van der Waals surface area (Å²) in [6, 6.07) is 23.1. The van der Waals surface area contributed by atoms with Crippen LogP contribution in [0.1, 0.15) is 5.56 Å². The van der Waals surface area contributed by atoms with Gasteiger partial charge in [-0.15, -0.1) is 0 Å². The first-order valence-corrected chi connectivity index (χ1v) is 9.41. The van der Waals surface area contributed by atoms with Crippen LogP contribution >= 0.6 is 0 Å². The molecule has 1 aliphatic rings. The van der Waals surface area contributed by atoms with Crippen LogP contribution in [0.5, 0.6) is 17.2 Å². The highest BCUT2D eigenvalue weighted by Gasteiger charge is 2.23. The van der Waals surface area contributed by atoms with Crippen LogP contribution < -0.4 is 14.4 Å². The van der Waals surface area contributed by atoms with Gasteiger partial charge in [-0.1, -0.05) is 36.4 Å². The second-order valence-corrected chi connectivity index (χ2v) is 6.78. The summed E-state index contributed by atoms with van der Waals surface area (Å²) in [5, 5.41) is 16.4. The topological polar surface area (TPSA) is 81.9 Å². The SMILES string of the molecule is O=C(O)[C@@H]([OH2+])Cc1ccc(OCCN2c3ccccc3Oc3ccccc32)cc1. The summed E-state index contributed by atoms with van der Waals surface area (Å²) in [4.78, 5) is 13.0. The van der Waals surface area contributed by atoms with E-state index in [0.29, 0.717) is 18.9 Å². The van der Waals surface area contributed by atoms with Crippen LogP contribution in [0.15, 0.2) is 72.8 Å². The number of anilines is 2. The van der Waals surface area contributed by atoms with E-state index >= 15 is 0 Å². The van der Waals surface area contributed by atoms with Gasteiger partial charge in [0.2, 0.25) is 0 Å². The molecule has 3 N–H and O–H groups in total. The molecule has 148 valence electrons. The molecule has 4 rings (SSSR count). The van der Waals surface area contributed by atoms with Gasteiger partial charge >= 0.3 is 5.97 Å². The Morgan fingerprint density at radius 2 is 1.55 bits per heavy atom. The van der Waals surface area contributed by atoms with Gasteiger partial charge in [0.25, 0.3) is 6.10 Å². The zero-order chi connectivity index (χ0) is 20.2. The van der Waals surface area contributed by atoms with E-state index in [0.717, 1.165) is 28.4 Å². The van der Waals surface area contributed by atoms with E-state index in [1.807, 2.05) is 60.7 Å². The molecule has 6 nitrogen and oxygen atoms in total. The van der Waals surface area contributed by atoms with E-state index in [2.05, 4.69) is 4.90 Å². The molecule has 3 aromatic carbocycles. The van der Waals surface area contributed by atoms with E-state index in [1.54, 1.807) is 12.1 Å². The molecule has 3 aromatic rings. The van der Waals surface area contributed by atoms with Crippen molar-refractivity contribution in [2.45, 2.75) is 12.5 Å². The average molecular weight is 392 g/mol. The molecule has 0 amide bonds. The molecule has 1 heterocycles. The van der Waals surface area contributed by atoms with Crippen molar-refractivity contribution in [2.75, 3.05) is 18.1 Å². The molecule has 1 aliphatic heterocycles. The molecule has 0 fully saturated rings. The van der Waals surface area contributed by atoms with Crippen LogP contribution in [0.2, 0.25) is 0 Å². The van der Waals surface area contributed by atoms with Crippen molar-refractivity contribution in [2.24, 2.45) is 0 Å². The third kappa shape index (κ3) is 4.17. The number of benzene rings is 3. The number of carboxylic acids is 1. The number of carboxylic acid groups (broad SMARTS) is 1. The van der Waals surface area contributed by atoms with Crippen LogP contribution in [-0.4, -0.2) is 35.4 Å². The van der Waals surface area contributed by atoms with Gasteiger partial charge in [0.15, 0.2) is 11.5 Å². The van der Waals surface area contributed by atoms with Crippen LogP contribution in [0, 0.1) is 0 Å². The summed E-state index contributed by atoms with van der Waals surface area (Å²) in [6.07, 6.45) is -0.972. The van der Waals surface area contributed by atoms with Crippen molar-refractivity contribution in [1.29, 1.82) is 0 Å². The Balaban J connectivity index is 1.42. The second kappa shape index (κ2) is 8.24. The molecule has 0 unspecified atom stereocenters. The summed E-state index contributed by atoms with van der Waals surface area (Å²) in [5.41, 5.74) is 2.80. The average Bonchev–Trinajstić information content (AvgIpc) is 2.74. The summed E-state index contributed by atoms with van der Waals surface area (Å²) in [7, 11) is 0. The first-order valence-electron chi connectivity index (χ1n) is 9.41. The number of carbonyl (C=O) groups is 1. The third-order valence-electron chi connectivity index (χ3n) is 4.78. The van der Waals surface area contributed by atoms with Crippen LogP contribution in [0.3, 0.4) is 0 Å². The van der Waals surface area contributed by atoms with Gasteiger partial charge < -0.3 is 24.6 Å². The van der Waals surface area contributed by atoms with E-state index in [4.69, 9.17) is 19.7 Å². The molecule has 0 aliphatic carbocycles. The number of ether oxygens (including phenoxy) is 2. The van der Waals surface area contributed by atoms with Crippen LogP contribution in [0.25, 0.3) is 0 Å². The Hall–Kier alpha value is -3.51. The fourth-order valence-electron chi connectivity index (χ4n) is 3.32. The van der Waals surface area contributed by atoms with Crippen LogP contribution in [-0.2, 0) is 11.2 Å². The predicted octanol–water partition coefficient (Wildman–Crippen LogP) is 3.73. The Labute approximate surface area is 168 Å². The number of nitrogens with zero attached hydrogens (tertiary/aromatic N) is 1. The number of rotatable bonds is 7. The maximum atomic E-state index is 10.8. The van der Waals surface area contributed by atoms with E-state index < -0.39 is 12.1 Å². The molecule has 6 heteroatoms. The number of hydrogen-bond acceptors (Lipinski definition) is 4. The van der Waals surface area contributed by atoms with Gasteiger partial charge in [0.1, 0.15) is 12.4 Å².